The second-order valence-electron chi connectivity index (χ2n) is 6.96. The highest BCUT2D eigenvalue weighted by Crippen LogP contribution is 2.35. The lowest BCUT2D eigenvalue weighted by Gasteiger charge is -2.34. The first-order valence-electron chi connectivity index (χ1n) is 9.04. The Bertz CT molecular complexity index is 1030. The van der Waals surface area contributed by atoms with Crippen LogP contribution in [0, 0.1) is 0 Å². The van der Waals surface area contributed by atoms with Crippen LogP contribution in [0.2, 0.25) is 0 Å². The molecule has 2 aromatic rings. The standard InChI is InChI=1S/C21H22F3N2O2S/c22-21(23,24)16-29(27,28)26(11-5-9-19(14-25)15-26)20-10-4-8-18(13-20)12-17-6-2-1-3-7-17/h1-10,13,15H,11-12,14,16,25H2/q+1. The van der Waals surface area contributed by atoms with Gasteiger partial charge in [0.05, 0.1) is 0 Å². The number of halogens is 3. The molecule has 2 N–H and O–H groups in total. The topological polar surface area (TPSA) is 60.2 Å². The molecule has 1 atom stereocenters. The lowest BCUT2D eigenvalue weighted by molar-refractivity contribution is -0.106. The van der Waals surface area contributed by atoms with E-state index in [4.69, 9.17) is 5.73 Å². The largest absolute Gasteiger partial charge is 0.408 e. The van der Waals surface area contributed by atoms with Gasteiger partial charge in [-0.3, -0.25) is 0 Å². The van der Waals surface area contributed by atoms with E-state index in [-0.39, 0.29) is 18.8 Å². The number of quaternary nitrogens is 1. The summed E-state index contributed by atoms with van der Waals surface area (Å²) in [6, 6.07) is 16.3. The third-order valence-electron chi connectivity index (χ3n) is 4.76. The number of sulfonamides is 1. The molecule has 0 amide bonds. The van der Waals surface area contributed by atoms with Crippen molar-refractivity contribution >= 4 is 15.7 Å². The van der Waals surface area contributed by atoms with Crippen LogP contribution in [0.25, 0.3) is 0 Å². The first kappa shape index (κ1) is 21.3. The lowest BCUT2D eigenvalue weighted by Crippen LogP contribution is -2.54. The Morgan fingerprint density at radius 3 is 2.34 bits per heavy atom. The van der Waals surface area contributed by atoms with Crippen molar-refractivity contribution in [3.8, 4) is 0 Å². The Morgan fingerprint density at radius 1 is 1.00 bits per heavy atom. The molecule has 154 valence electrons. The Kier molecular flexibility index (Phi) is 5.97. The fourth-order valence-corrected chi connectivity index (χ4v) is 5.12. The quantitative estimate of drug-likeness (QED) is 0.717. The summed E-state index contributed by atoms with van der Waals surface area (Å²) in [7, 11) is -4.66. The molecule has 1 aliphatic heterocycles. The molecule has 3 rings (SSSR count). The van der Waals surface area contributed by atoms with Gasteiger partial charge in [-0.05, 0) is 23.6 Å². The van der Waals surface area contributed by atoms with E-state index in [1.54, 1.807) is 30.4 Å². The maximum Gasteiger partial charge on any atom is 0.408 e. The number of alkyl halides is 3. The van der Waals surface area contributed by atoms with Gasteiger partial charge in [0.15, 0.2) is 11.4 Å². The van der Waals surface area contributed by atoms with Crippen LogP contribution >= 0.6 is 0 Å². The predicted octanol–water partition coefficient (Wildman–Crippen LogP) is 3.89. The van der Waals surface area contributed by atoms with E-state index in [0.29, 0.717) is 12.0 Å². The molecule has 1 aliphatic rings. The molecule has 0 saturated carbocycles. The van der Waals surface area contributed by atoms with E-state index < -0.39 is 25.8 Å². The van der Waals surface area contributed by atoms with Crippen LogP contribution in [-0.4, -0.2) is 33.4 Å². The van der Waals surface area contributed by atoms with Gasteiger partial charge < -0.3 is 5.73 Å². The highest BCUT2D eigenvalue weighted by molar-refractivity contribution is 7.91. The molecule has 0 aliphatic carbocycles. The Hall–Kier alpha value is -2.42. The van der Waals surface area contributed by atoms with Crippen molar-refractivity contribution in [1.82, 2.24) is 3.89 Å². The smallest absolute Gasteiger partial charge is 0.326 e. The van der Waals surface area contributed by atoms with E-state index in [2.05, 4.69) is 0 Å². The van der Waals surface area contributed by atoms with E-state index in [0.717, 1.165) is 11.1 Å². The molecule has 0 fully saturated rings. The summed E-state index contributed by atoms with van der Waals surface area (Å²) in [6.45, 7) is -0.0988. The number of nitrogens with two attached hydrogens (primary N) is 1. The maximum absolute atomic E-state index is 13.1. The van der Waals surface area contributed by atoms with E-state index in [1.165, 1.54) is 6.20 Å². The highest BCUT2D eigenvalue weighted by Gasteiger charge is 2.50. The molecule has 0 aromatic heterocycles. The average Bonchev–Trinajstić information content (AvgIpc) is 2.67. The van der Waals surface area contributed by atoms with Crippen molar-refractivity contribution in [3.05, 3.63) is 89.6 Å². The summed E-state index contributed by atoms with van der Waals surface area (Å²) in [6.07, 6.45) is 0.219. The third-order valence-corrected chi connectivity index (χ3v) is 6.91. The van der Waals surface area contributed by atoms with Crippen LogP contribution in [0.4, 0.5) is 18.9 Å². The van der Waals surface area contributed by atoms with Crippen LogP contribution in [0.15, 0.2) is 78.5 Å². The van der Waals surface area contributed by atoms with Crippen LogP contribution in [0.1, 0.15) is 11.1 Å². The van der Waals surface area contributed by atoms with Gasteiger partial charge in [0.2, 0.25) is 0 Å². The van der Waals surface area contributed by atoms with Gasteiger partial charge in [-0.2, -0.15) is 25.5 Å². The van der Waals surface area contributed by atoms with Crippen LogP contribution < -0.4 is 9.62 Å². The summed E-state index contributed by atoms with van der Waals surface area (Å²) in [4.78, 5) is 0. The molecule has 1 unspecified atom stereocenters. The molecule has 1 heterocycles. The first-order valence-corrected chi connectivity index (χ1v) is 10.7. The minimum atomic E-state index is -4.84. The summed E-state index contributed by atoms with van der Waals surface area (Å²) >= 11 is 0. The van der Waals surface area contributed by atoms with Crippen molar-refractivity contribution in [2.75, 3.05) is 18.8 Å². The van der Waals surface area contributed by atoms with E-state index in [1.807, 2.05) is 36.4 Å². The molecule has 0 spiro atoms. The molecule has 4 nitrogen and oxygen atoms in total. The van der Waals surface area contributed by atoms with Gasteiger partial charge in [0.1, 0.15) is 12.7 Å². The molecular formula is C21H22F3N2O2S+. The zero-order valence-corrected chi connectivity index (χ0v) is 16.5. The zero-order valence-electron chi connectivity index (χ0n) is 15.6. The van der Waals surface area contributed by atoms with E-state index >= 15 is 0 Å². The highest BCUT2D eigenvalue weighted by atomic mass is 32.2. The Balaban J connectivity index is 2.10. The minimum absolute atomic E-state index is 0.0295. The average molecular weight is 423 g/mol. The van der Waals surface area contributed by atoms with Gasteiger partial charge in [0, 0.05) is 24.3 Å². The van der Waals surface area contributed by atoms with Gasteiger partial charge in [-0.25, -0.2) is 0 Å². The first-order chi connectivity index (χ1) is 13.7. The van der Waals surface area contributed by atoms with Crippen molar-refractivity contribution < 1.29 is 21.6 Å². The third kappa shape index (κ3) is 4.77. The summed E-state index contributed by atoms with van der Waals surface area (Å²) in [5, 5.41) is 0. The normalized spacial score (nSPS) is 19.8. The fourth-order valence-electron chi connectivity index (χ4n) is 3.43. The van der Waals surface area contributed by atoms with Crippen LogP contribution in [0.5, 0.6) is 0 Å². The van der Waals surface area contributed by atoms with Crippen molar-refractivity contribution in [3.63, 3.8) is 0 Å². The van der Waals surface area contributed by atoms with Crippen molar-refractivity contribution in [1.29, 1.82) is 0 Å². The summed E-state index contributed by atoms with van der Waals surface area (Å²) in [5.74, 6) is -1.91. The Labute approximate surface area is 168 Å². The maximum atomic E-state index is 13.1. The molecule has 8 heteroatoms. The second-order valence-corrected chi connectivity index (χ2v) is 9.07. The number of rotatable bonds is 6. The zero-order chi connectivity index (χ0) is 21.1. The number of nitrogens with zero attached hydrogens (tertiary/aromatic N) is 1. The minimum Gasteiger partial charge on any atom is -0.326 e. The van der Waals surface area contributed by atoms with Gasteiger partial charge in [0.25, 0.3) is 0 Å². The second kappa shape index (κ2) is 8.14. The van der Waals surface area contributed by atoms with Crippen molar-refractivity contribution in [2.24, 2.45) is 5.73 Å². The van der Waals surface area contributed by atoms with Gasteiger partial charge in [-0.1, -0.05) is 48.5 Å². The summed E-state index contributed by atoms with van der Waals surface area (Å²) < 4.78 is 64.3. The number of hydrogen-bond donors (Lipinski definition) is 1. The van der Waals surface area contributed by atoms with Gasteiger partial charge in [-0.15, -0.1) is 0 Å². The molecule has 29 heavy (non-hydrogen) atoms. The van der Waals surface area contributed by atoms with E-state index in [9.17, 15) is 21.6 Å². The molecule has 2 aromatic carbocycles. The molecular weight excluding hydrogens is 401 g/mol. The van der Waals surface area contributed by atoms with Gasteiger partial charge >= 0.3 is 16.2 Å². The predicted molar refractivity (Wildman–Crippen MR) is 108 cm³/mol. The molecule has 0 radical (unpaired) electrons. The Morgan fingerprint density at radius 2 is 1.69 bits per heavy atom. The van der Waals surface area contributed by atoms with Crippen molar-refractivity contribution in [2.45, 2.75) is 12.6 Å². The lowest BCUT2D eigenvalue weighted by atomic mass is 10.0. The molecule has 0 bridgehead atoms. The summed E-state index contributed by atoms with van der Waals surface area (Å²) in [5.41, 5.74) is 8.22. The monoisotopic (exact) mass is 423 g/mol. The fraction of sp³-hybridized carbons (Fsp3) is 0.238. The van der Waals surface area contributed by atoms with Crippen LogP contribution in [-0.2, 0) is 16.4 Å². The molecule has 0 saturated heterocycles. The van der Waals surface area contributed by atoms with Crippen LogP contribution in [0.3, 0.4) is 0 Å². The number of benzene rings is 2. The number of hydrogen-bond acceptors (Lipinski definition) is 3. The SMILES string of the molecule is NCC1=C[N+](c2cccc(Cc3ccccc3)c2)(S(=O)(=O)CC(F)(F)F)CC=C1.